The number of carbonyl (C=O) groups is 2. The molecular formula is C19H16F3NO5. The molecule has 0 fully saturated rings. The molecule has 1 heterocycles. The minimum absolute atomic E-state index is 0.131. The highest BCUT2D eigenvalue weighted by Crippen LogP contribution is 2.31. The van der Waals surface area contributed by atoms with Crippen molar-refractivity contribution < 1.29 is 37.0 Å². The molecule has 0 spiro atoms. The monoisotopic (exact) mass is 395 g/mol. The molecule has 1 aliphatic heterocycles. The second-order valence-corrected chi connectivity index (χ2v) is 6.00. The number of hydrogen-bond donors (Lipinski definition) is 1. The van der Waals surface area contributed by atoms with Gasteiger partial charge in [-0.05, 0) is 36.8 Å². The molecular weight excluding hydrogens is 379 g/mol. The molecule has 6 nitrogen and oxygen atoms in total. The van der Waals surface area contributed by atoms with Gasteiger partial charge in [0.1, 0.15) is 13.2 Å². The maximum absolute atomic E-state index is 13.6. The van der Waals surface area contributed by atoms with Gasteiger partial charge in [0.25, 0.3) is 5.91 Å². The predicted octanol–water partition coefficient (Wildman–Crippen LogP) is 2.99. The van der Waals surface area contributed by atoms with Crippen LogP contribution in [0.2, 0.25) is 0 Å². The molecule has 0 unspecified atom stereocenters. The molecule has 1 atom stereocenters. The summed E-state index contributed by atoms with van der Waals surface area (Å²) in [6.07, 6.45) is -1.41. The highest BCUT2D eigenvalue weighted by atomic mass is 19.2. The van der Waals surface area contributed by atoms with Crippen molar-refractivity contribution in [3.63, 3.8) is 0 Å². The summed E-state index contributed by atoms with van der Waals surface area (Å²) in [6, 6.07) is 6.51. The van der Waals surface area contributed by atoms with E-state index in [4.69, 9.17) is 14.2 Å². The third kappa shape index (κ3) is 4.36. The van der Waals surface area contributed by atoms with Crippen LogP contribution in [0, 0.1) is 17.5 Å². The number of benzene rings is 2. The van der Waals surface area contributed by atoms with Crippen molar-refractivity contribution in [3.05, 3.63) is 53.3 Å². The summed E-state index contributed by atoms with van der Waals surface area (Å²) in [4.78, 5) is 24.1. The van der Waals surface area contributed by atoms with Gasteiger partial charge in [0.2, 0.25) is 0 Å². The van der Waals surface area contributed by atoms with Gasteiger partial charge in [-0.1, -0.05) is 6.07 Å². The van der Waals surface area contributed by atoms with Gasteiger partial charge in [-0.3, -0.25) is 9.59 Å². The van der Waals surface area contributed by atoms with Crippen molar-refractivity contribution in [3.8, 4) is 11.5 Å². The fourth-order valence-corrected chi connectivity index (χ4v) is 2.51. The van der Waals surface area contributed by atoms with Gasteiger partial charge < -0.3 is 19.5 Å². The van der Waals surface area contributed by atoms with Crippen LogP contribution in [0.25, 0.3) is 0 Å². The Hall–Kier alpha value is -3.23. The van der Waals surface area contributed by atoms with Crippen LogP contribution in [0.1, 0.15) is 12.5 Å². The van der Waals surface area contributed by atoms with Crippen molar-refractivity contribution in [2.75, 3.05) is 18.5 Å². The van der Waals surface area contributed by atoms with E-state index in [1.807, 2.05) is 0 Å². The molecule has 0 saturated carbocycles. The van der Waals surface area contributed by atoms with Crippen molar-refractivity contribution in [1.29, 1.82) is 0 Å². The Kier molecular flexibility index (Phi) is 5.72. The number of carbonyl (C=O) groups excluding carboxylic acids is 2. The van der Waals surface area contributed by atoms with Crippen LogP contribution in [-0.2, 0) is 20.7 Å². The van der Waals surface area contributed by atoms with Crippen LogP contribution < -0.4 is 14.8 Å². The lowest BCUT2D eigenvalue weighted by Crippen LogP contribution is -2.31. The zero-order valence-corrected chi connectivity index (χ0v) is 14.8. The number of anilines is 1. The molecule has 0 bridgehead atoms. The summed E-state index contributed by atoms with van der Waals surface area (Å²) in [5.41, 5.74) is 0.0344. The second kappa shape index (κ2) is 8.20. The number of ether oxygens (including phenoxy) is 3. The van der Waals surface area contributed by atoms with Crippen LogP contribution in [0.15, 0.2) is 30.3 Å². The van der Waals surface area contributed by atoms with Crippen LogP contribution in [0.3, 0.4) is 0 Å². The van der Waals surface area contributed by atoms with Crippen LogP contribution in [-0.4, -0.2) is 31.2 Å². The Morgan fingerprint density at radius 3 is 2.54 bits per heavy atom. The molecule has 9 heteroatoms. The zero-order chi connectivity index (χ0) is 20.3. The van der Waals surface area contributed by atoms with Gasteiger partial charge in [-0.25, -0.2) is 13.2 Å². The normalized spacial score (nSPS) is 13.6. The first-order chi connectivity index (χ1) is 13.3. The number of rotatable bonds is 5. The van der Waals surface area contributed by atoms with E-state index in [1.54, 1.807) is 18.2 Å². The summed E-state index contributed by atoms with van der Waals surface area (Å²) in [5.74, 6) is -5.13. The van der Waals surface area contributed by atoms with Crippen LogP contribution in [0.5, 0.6) is 11.5 Å². The minimum atomic E-state index is -1.71. The van der Waals surface area contributed by atoms with E-state index >= 15 is 0 Å². The van der Waals surface area contributed by atoms with Gasteiger partial charge in [0.15, 0.2) is 35.1 Å². The molecule has 2 aromatic rings. The van der Waals surface area contributed by atoms with Crippen molar-refractivity contribution in [1.82, 2.24) is 0 Å². The SMILES string of the molecule is C[C@H](OC(=O)Cc1ccc2c(c1)OCCO2)C(=O)Nc1ccc(F)c(F)c1F. The molecule has 148 valence electrons. The Bertz CT molecular complexity index is 919. The lowest BCUT2D eigenvalue weighted by Gasteiger charge is -2.19. The van der Waals surface area contributed by atoms with Gasteiger partial charge >= 0.3 is 5.97 Å². The fourth-order valence-electron chi connectivity index (χ4n) is 2.51. The third-order valence-corrected chi connectivity index (χ3v) is 3.93. The van der Waals surface area contributed by atoms with Crippen LogP contribution in [0.4, 0.5) is 18.9 Å². The Morgan fingerprint density at radius 2 is 1.79 bits per heavy atom. The van der Waals surface area contributed by atoms with E-state index in [9.17, 15) is 22.8 Å². The van der Waals surface area contributed by atoms with Crippen molar-refractivity contribution in [2.24, 2.45) is 0 Å². The standard InChI is InChI=1S/C19H16F3NO5/c1-10(19(25)23-13-4-3-12(20)17(21)18(13)22)28-16(24)9-11-2-5-14-15(8-11)27-7-6-26-14/h2-5,8,10H,6-7,9H2,1H3,(H,23,25)/t10-/m0/s1. The fraction of sp³-hybridized carbons (Fsp3) is 0.263. The second-order valence-electron chi connectivity index (χ2n) is 6.00. The van der Waals surface area contributed by atoms with E-state index in [-0.39, 0.29) is 6.42 Å². The summed E-state index contributed by atoms with van der Waals surface area (Å²) < 4.78 is 55.6. The lowest BCUT2D eigenvalue weighted by atomic mass is 10.1. The van der Waals surface area contributed by atoms with Gasteiger partial charge in [0, 0.05) is 0 Å². The molecule has 0 saturated heterocycles. The molecule has 1 aliphatic rings. The van der Waals surface area contributed by atoms with E-state index in [0.29, 0.717) is 36.3 Å². The largest absolute Gasteiger partial charge is 0.486 e. The van der Waals surface area contributed by atoms with Gasteiger partial charge in [-0.15, -0.1) is 0 Å². The zero-order valence-electron chi connectivity index (χ0n) is 14.8. The predicted molar refractivity (Wildman–Crippen MR) is 91.6 cm³/mol. The number of nitrogens with one attached hydrogen (secondary N) is 1. The molecule has 28 heavy (non-hydrogen) atoms. The third-order valence-electron chi connectivity index (χ3n) is 3.93. The molecule has 2 aromatic carbocycles. The summed E-state index contributed by atoms with van der Waals surface area (Å²) in [6.45, 7) is 2.12. The summed E-state index contributed by atoms with van der Waals surface area (Å²) in [5, 5.41) is 2.05. The molecule has 0 aromatic heterocycles. The average Bonchev–Trinajstić information content (AvgIpc) is 2.68. The highest BCUT2D eigenvalue weighted by molar-refractivity contribution is 5.95. The number of esters is 1. The Morgan fingerprint density at radius 1 is 1.07 bits per heavy atom. The molecule has 1 amide bonds. The molecule has 3 rings (SSSR count). The molecule has 0 radical (unpaired) electrons. The highest BCUT2D eigenvalue weighted by Gasteiger charge is 2.22. The average molecular weight is 395 g/mol. The summed E-state index contributed by atoms with van der Waals surface area (Å²) >= 11 is 0. The first-order valence-corrected chi connectivity index (χ1v) is 8.37. The first-order valence-electron chi connectivity index (χ1n) is 8.37. The van der Waals surface area contributed by atoms with Gasteiger partial charge in [-0.2, -0.15) is 0 Å². The van der Waals surface area contributed by atoms with E-state index in [2.05, 4.69) is 5.32 Å². The number of fused-ring (bicyclic) bond motifs is 1. The maximum atomic E-state index is 13.6. The van der Waals surface area contributed by atoms with Crippen molar-refractivity contribution >= 4 is 17.6 Å². The smallest absolute Gasteiger partial charge is 0.311 e. The maximum Gasteiger partial charge on any atom is 0.311 e. The van der Waals surface area contributed by atoms with E-state index in [1.165, 1.54) is 6.92 Å². The first kappa shape index (κ1) is 19.5. The lowest BCUT2D eigenvalue weighted by molar-refractivity contribution is -0.152. The molecule has 0 aliphatic carbocycles. The number of hydrogen-bond acceptors (Lipinski definition) is 5. The Labute approximate surface area is 158 Å². The quantitative estimate of drug-likeness (QED) is 0.623. The van der Waals surface area contributed by atoms with Crippen molar-refractivity contribution in [2.45, 2.75) is 19.4 Å². The van der Waals surface area contributed by atoms with Crippen LogP contribution >= 0.6 is 0 Å². The number of amides is 1. The van der Waals surface area contributed by atoms with E-state index < -0.39 is 41.1 Å². The Balaban J connectivity index is 1.58. The topological polar surface area (TPSA) is 73.9 Å². The van der Waals surface area contributed by atoms with E-state index in [0.717, 1.165) is 6.07 Å². The number of halogens is 3. The van der Waals surface area contributed by atoms with Gasteiger partial charge in [0.05, 0.1) is 12.1 Å². The minimum Gasteiger partial charge on any atom is -0.486 e. The summed E-state index contributed by atoms with van der Waals surface area (Å²) in [7, 11) is 0. The molecule has 1 N–H and O–H groups in total.